The fourth-order valence-corrected chi connectivity index (χ4v) is 3.84. The predicted octanol–water partition coefficient (Wildman–Crippen LogP) is 3.13. The van der Waals surface area contributed by atoms with Gasteiger partial charge in [0.1, 0.15) is 11.2 Å². The Labute approximate surface area is 163 Å². The summed E-state index contributed by atoms with van der Waals surface area (Å²) in [5.41, 5.74) is 2.43. The number of nitrogens with one attached hydrogen (secondary N) is 2. The molecule has 1 aromatic carbocycles. The Balaban J connectivity index is 1.92. The summed E-state index contributed by atoms with van der Waals surface area (Å²) in [7, 11) is 0. The first kappa shape index (κ1) is 17.9. The number of benzene rings is 1. The maximum absolute atomic E-state index is 11.6. The van der Waals surface area contributed by atoms with Crippen LogP contribution in [0.1, 0.15) is 11.3 Å². The molecule has 3 aromatic heterocycles. The van der Waals surface area contributed by atoms with Crippen LogP contribution in [0.15, 0.2) is 53.9 Å². The molecule has 10 heteroatoms. The van der Waals surface area contributed by atoms with Crippen molar-refractivity contribution in [1.29, 1.82) is 5.41 Å². The number of nitro groups is 1. The van der Waals surface area contributed by atoms with Gasteiger partial charge in [0.05, 0.1) is 10.3 Å². The normalized spacial score (nSPS) is 11.0. The predicted molar refractivity (Wildman–Crippen MR) is 104 cm³/mol. The summed E-state index contributed by atoms with van der Waals surface area (Å²) < 4.78 is 1.51. The molecule has 4 aromatic rings. The lowest BCUT2D eigenvalue weighted by atomic mass is 10.2. The molecule has 0 unspecified atom stereocenters. The largest absolute Gasteiger partial charge is 0.293 e. The Bertz CT molecular complexity index is 1230. The molecule has 0 saturated heterocycles. The molecule has 9 nitrogen and oxygen atoms in total. The average molecular weight is 393 g/mol. The van der Waals surface area contributed by atoms with Gasteiger partial charge in [-0.3, -0.25) is 30.2 Å². The van der Waals surface area contributed by atoms with Crippen LogP contribution in [-0.2, 0) is 5.75 Å². The molecule has 0 bridgehead atoms. The molecule has 0 aliphatic carbocycles. The van der Waals surface area contributed by atoms with Crippen LogP contribution in [-0.4, -0.2) is 29.7 Å². The minimum Gasteiger partial charge on any atom is -0.283 e. The van der Waals surface area contributed by atoms with Crippen LogP contribution in [0.4, 0.5) is 5.69 Å². The molecule has 0 spiro atoms. The van der Waals surface area contributed by atoms with Gasteiger partial charge in [-0.15, -0.1) is 0 Å². The lowest BCUT2D eigenvalue weighted by Crippen LogP contribution is -2.23. The molecule has 140 valence electrons. The van der Waals surface area contributed by atoms with Gasteiger partial charge >= 0.3 is 0 Å². The number of aromatic amines is 1. The van der Waals surface area contributed by atoms with E-state index in [1.165, 1.54) is 22.4 Å². The molecule has 0 fully saturated rings. The third-order valence-corrected chi connectivity index (χ3v) is 5.23. The van der Waals surface area contributed by atoms with E-state index in [9.17, 15) is 10.1 Å². The smallest absolute Gasteiger partial charge is 0.283 e. The zero-order valence-electron chi connectivity index (χ0n) is 14.8. The maximum atomic E-state index is 11.6. The highest BCUT2D eigenvalue weighted by Crippen LogP contribution is 2.28. The number of hydrogen-bond donors (Lipinski definition) is 2. The molecular weight excluding hydrogens is 378 g/mol. The van der Waals surface area contributed by atoms with Crippen LogP contribution in [0.3, 0.4) is 0 Å². The van der Waals surface area contributed by atoms with Gasteiger partial charge in [0, 0.05) is 29.9 Å². The SMILES string of the molecule is Cc1[nH]nc2nc(SCc3ccncc3)n(-c3ccccc3[N+](=O)[O-])c(=N)c12. The summed E-state index contributed by atoms with van der Waals surface area (Å²) in [5.74, 6) is 0.574. The molecule has 0 atom stereocenters. The Kier molecular flexibility index (Phi) is 4.62. The zero-order valence-corrected chi connectivity index (χ0v) is 15.6. The quantitative estimate of drug-likeness (QED) is 0.232. The standard InChI is InChI=1S/C18H15N7O2S/c1-11-15-16(19)24(13-4-2-3-5-14(13)25(26)27)18(21-17(15)23-22-11)28-10-12-6-8-20-9-7-12/h2-9,19H,10H2,1H3,(H,22,23). The Morgan fingerprint density at radius 2 is 2.00 bits per heavy atom. The van der Waals surface area contributed by atoms with E-state index in [1.807, 2.05) is 12.1 Å². The molecule has 2 N–H and O–H groups in total. The van der Waals surface area contributed by atoms with E-state index in [0.717, 1.165) is 5.56 Å². The number of H-pyrrole nitrogens is 1. The lowest BCUT2D eigenvalue weighted by molar-refractivity contribution is -0.384. The van der Waals surface area contributed by atoms with Crippen molar-refractivity contribution in [2.75, 3.05) is 0 Å². The van der Waals surface area contributed by atoms with E-state index in [4.69, 9.17) is 5.41 Å². The van der Waals surface area contributed by atoms with Gasteiger partial charge in [0.2, 0.25) is 0 Å². The van der Waals surface area contributed by atoms with Gasteiger partial charge < -0.3 is 0 Å². The second-order valence-corrected chi connectivity index (χ2v) is 6.96. The average Bonchev–Trinajstić information content (AvgIpc) is 3.08. The topological polar surface area (TPSA) is 126 Å². The van der Waals surface area contributed by atoms with Gasteiger partial charge in [0.25, 0.3) is 5.69 Å². The number of aromatic nitrogens is 5. The number of hydrogen-bond acceptors (Lipinski definition) is 7. The van der Waals surface area contributed by atoms with Crippen molar-refractivity contribution in [2.24, 2.45) is 0 Å². The van der Waals surface area contributed by atoms with E-state index in [-0.39, 0.29) is 11.2 Å². The van der Waals surface area contributed by atoms with Crippen molar-refractivity contribution in [3.8, 4) is 5.69 Å². The maximum Gasteiger partial charge on any atom is 0.293 e. The number of nitro benzene ring substituents is 1. The molecule has 28 heavy (non-hydrogen) atoms. The van der Waals surface area contributed by atoms with Crippen LogP contribution >= 0.6 is 11.8 Å². The first-order valence-corrected chi connectivity index (χ1v) is 9.32. The molecule has 0 aliphatic heterocycles. The Hall–Kier alpha value is -3.53. The number of nitrogens with zero attached hydrogens (tertiary/aromatic N) is 5. The van der Waals surface area contributed by atoms with Gasteiger partial charge in [0.15, 0.2) is 10.8 Å². The van der Waals surface area contributed by atoms with E-state index in [1.54, 1.807) is 37.5 Å². The minimum atomic E-state index is -0.453. The number of pyridine rings is 1. The van der Waals surface area contributed by atoms with Crippen molar-refractivity contribution in [2.45, 2.75) is 17.8 Å². The van der Waals surface area contributed by atoms with Crippen molar-refractivity contribution in [1.82, 2.24) is 24.7 Å². The van der Waals surface area contributed by atoms with E-state index >= 15 is 0 Å². The lowest BCUT2D eigenvalue weighted by Gasteiger charge is -2.13. The van der Waals surface area contributed by atoms with Gasteiger partial charge in [-0.1, -0.05) is 23.9 Å². The van der Waals surface area contributed by atoms with Crippen LogP contribution in [0.5, 0.6) is 0 Å². The molecular formula is C18H15N7O2S. The van der Waals surface area contributed by atoms with E-state index < -0.39 is 4.92 Å². The highest BCUT2D eigenvalue weighted by molar-refractivity contribution is 7.98. The molecule has 3 heterocycles. The Morgan fingerprint density at radius 1 is 1.25 bits per heavy atom. The number of thioether (sulfide) groups is 1. The first-order valence-electron chi connectivity index (χ1n) is 8.34. The Morgan fingerprint density at radius 3 is 2.75 bits per heavy atom. The summed E-state index contributed by atoms with van der Waals surface area (Å²) in [6.07, 6.45) is 3.41. The molecule has 4 rings (SSSR count). The first-order chi connectivity index (χ1) is 13.6. The van der Waals surface area contributed by atoms with Crippen molar-refractivity contribution < 1.29 is 4.92 Å². The van der Waals surface area contributed by atoms with Crippen LogP contribution in [0.2, 0.25) is 0 Å². The van der Waals surface area contributed by atoms with Gasteiger partial charge in [-0.2, -0.15) is 5.10 Å². The van der Waals surface area contributed by atoms with Crippen LogP contribution in [0, 0.1) is 22.4 Å². The number of fused-ring (bicyclic) bond motifs is 1. The van der Waals surface area contributed by atoms with Crippen LogP contribution in [0.25, 0.3) is 16.7 Å². The van der Waals surface area contributed by atoms with Crippen molar-refractivity contribution in [3.63, 3.8) is 0 Å². The molecule has 0 amide bonds. The van der Waals surface area contributed by atoms with Gasteiger partial charge in [-0.25, -0.2) is 4.98 Å². The van der Waals surface area contributed by atoms with Crippen LogP contribution < -0.4 is 5.49 Å². The summed E-state index contributed by atoms with van der Waals surface area (Å²) in [6, 6.07) is 10.1. The third kappa shape index (κ3) is 3.14. The number of rotatable bonds is 5. The summed E-state index contributed by atoms with van der Waals surface area (Å²) in [6.45, 7) is 1.79. The third-order valence-electron chi connectivity index (χ3n) is 4.22. The summed E-state index contributed by atoms with van der Waals surface area (Å²) >= 11 is 1.38. The minimum absolute atomic E-state index is 0.0888. The summed E-state index contributed by atoms with van der Waals surface area (Å²) in [5, 5.41) is 28.3. The molecule has 0 radical (unpaired) electrons. The van der Waals surface area contributed by atoms with E-state index in [2.05, 4.69) is 20.2 Å². The monoisotopic (exact) mass is 393 g/mol. The molecule has 0 aliphatic rings. The zero-order chi connectivity index (χ0) is 19.7. The molecule has 0 saturated carbocycles. The van der Waals surface area contributed by atoms with Crippen molar-refractivity contribution >= 4 is 28.5 Å². The highest BCUT2D eigenvalue weighted by atomic mass is 32.2. The fourth-order valence-electron chi connectivity index (χ4n) is 2.88. The number of aryl methyl sites for hydroxylation is 1. The van der Waals surface area contributed by atoms with Crippen molar-refractivity contribution in [3.05, 3.63) is 75.7 Å². The fraction of sp³-hybridized carbons (Fsp3) is 0.111. The second kappa shape index (κ2) is 7.24. The highest BCUT2D eigenvalue weighted by Gasteiger charge is 2.21. The second-order valence-electron chi connectivity index (χ2n) is 6.02. The van der Waals surface area contributed by atoms with E-state index in [0.29, 0.717) is 33.3 Å². The number of para-hydroxylation sites is 2. The van der Waals surface area contributed by atoms with Gasteiger partial charge in [-0.05, 0) is 30.7 Å². The summed E-state index contributed by atoms with van der Waals surface area (Å²) in [4.78, 5) is 19.7.